The van der Waals surface area contributed by atoms with Gasteiger partial charge in [0.15, 0.2) is 0 Å². The van der Waals surface area contributed by atoms with E-state index in [9.17, 15) is 18.0 Å². The Kier molecular flexibility index (Phi) is 7.35. The molecule has 3 aromatic rings. The molecule has 0 spiro atoms. The first-order valence-electron chi connectivity index (χ1n) is 15.6. The maximum Gasteiger partial charge on any atom is 0.416 e. The number of halogens is 3. The standard InChI is InChI=1S/C33H39F3N6O/c34-33(35,36)26-9-11-27(12-10-26)42-20-23(21-42)19-40-16-13-25(14-17-40)32(24-5-2-1-3-6-24)22-41-18-15-37-30(41)39-31(43)38-29-8-4-7-28(29)32/h1-3,5-6,9-12,15,18,23,25,28-29H,4,7-8,13-14,16-17,19-22H2,(H2,37,38,39,43)/t28-,29-,32-/m1/s1. The maximum absolute atomic E-state index is 12.9. The zero-order valence-electron chi connectivity index (χ0n) is 24.3. The number of hydrogen-bond acceptors (Lipinski definition) is 4. The molecule has 2 N–H and O–H groups in total. The number of nitrogens with zero attached hydrogens (tertiary/aromatic N) is 4. The molecule has 3 fully saturated rings. The van der Waals surface area contributed by atoms with E-state index in [1.165, 1.54) is 17.7 Å². The van der Waals surface area contributed by atoms with E-state index >= 15 is 0 Å². The summed E-state index contributed by atoms with van der Waals surface area (Å²) in [7, 11) is 0. The van der Waals surface area contributed by atoms with Gasteiger partial charge in [-0.15, -0.1) is 0 Å². The third-order valence-corrected chi connectivity index (χ3v) is 10.5. The van der Waals surface area contributed by atoms with Crippen LogP contribution in [0, 0.1) is 17.8 Å². The second-order valence-electron chi connectivity index (χ2n) is 12.9. The molecule has 2 aromatic carbocycles. The van der Waals surface area contributed by atoms with Gasteiger partial charge >= 0.3 is 12.2 Å². The van der Waals surface area contributed by atoms with Gasteiger partial charge in [0.05, 0.1) is 5.56 Å². The van der Waals surface area contributed by atoms with E-state index in [-0.39, 0.29) is 17.5 Å². The van der Waals surface area contributed by atoms with E-state index < -0.39 is 11.7 Å². The number of likely N-dealkylation sites (tertiary alicyclic amines) is 1. The van der Waals surface area contributed by atoms with E-state index in [1.807, 2.05) is 6.20 Å². The van der Waals surface area contributed by atoms with E-state index in [0.717, 1.165) is 77.1 Å². The lowest BCUT2D eigenvalue weighted by Gasteiger charge is -2.51. The van der Waals surface area contributed by atoms with Crippen molar-refractivity contribution in [2.75, 3.05) is 42.9 Å². The number of fused-ring (bicyclic) bond motifs is 2. The highest BCUT2D eigenvalue weighted by molar-refractivity contribution is 5.87. The van der Waals surface area contributed by atoms with Crippen molar-refractivity contribution in [2.45, 2.75) is 56.3 Å². The summed E-state index contributed by atoms with van der Waals surface area (Å²) in [6.07, 6.45) is 4.82. The van der Waals surface area contributed by atoms with Crippen LogP contribution in [-0.4, -0.2) is 59.2 Å². The number of aromatic nitrogens is 2. The first-order chi connectivity index (χ1) is 20.8. The Morgan fingerprint density at radius 3 is 2.42 bits per heavy atom. The molecule has 3 atom stereocenters. The van der Waals surface area contributed by atoms with Gasteiger partial charge < -0.3 is 19.7 Å². The molecule has 1 aliphatic carbocycles. The highest BCUT2D eigenvalue weighted by Crippen LogP contribution is 2.52. The predicted molar refractivity (Wildman–Crippen MR) is 160 cm³/mol. The van der Waals surface area contributed by atoms with Gasteiger partial charge in [-0.25, -0.2) is 9.78 Å². The van der Waals surface area contributed by atoms with Gasteiger partial charge in [-0.1, -0.05) is 36.8 Å². The Balaban J connectivity index is 1.07. The van der Waals surface area contributed by atoms with Gasteiger partial charge in [0, 0.05) is 61.6 Å². The number of nitrogens with one attached hydrogen (secondary N) is 2. The number of benzene rings is 2. The molecule has 0 radical (unpaired) electrons. The number of urea groups is 1. The number of anilines is 2. The largest absolute Gasteiger partial charge is 0.416 e. The van der Waals surface area contributed by atoms with Gasteiger partial charge in [0.1, 0.15) is 0 Å². The fraction of sp³-hybridized carbons (Fsp3) is 0.515. The minimum atomic E-state index is -4.30. The molecule has 4 heterocycles. The molecule has 2 amide bonds. The Labute approximate surface area is 250 Å². The summed E-state index contributed by atoms with van der Waals surface area (Å²) in [4.78, 5) is 22.2. The van der Waals surface area contributed by atoms with Gasteiger partial charge in [0.2, 0.25) is 5.95 Å². The fourth-order valence-corrected chi connectivity index (χ4v) is 8.49. The van der Waals surface area contributed by atoms with Crippen molar-refractivity contribution >= 4 is 17.7 Å². The van der Waals surface area contributed by atoms with Crippen LogP contribution in [0.1, 0.15) is 43.2 Å². The van der Waals surface area contributed by atoms with E-state index in [2.05, 4.69) is 60.3 Å². The van der Waals surface area contributed by atoms with Gasteiger partial charge in [-0.2, -0.15) is 13.2 Å². The Morgan fingerprint density at radius 1 is 0.953 bits per heavy atom. The Hall–Kier alpha value is -3.53. The third-order valence-electron chi connectivity index (χ3n) is 10.5. The van der Waals surface area contributed by atoms with Crippen LogP contribution < -0.4 is 15.5 Å². The first kappa shape index (κ1) is 28.3. The van der Waals surface area contributed by atoms with Crippen LogP contribution >= 0.6 is 0 Å². The van der Waals surface area contributed by atoms with E-state index in [0.29, 0.717) is 23.7 Å². The summed E-state index contributed by atoms with van der Waals surface area (Å²) >= 11 is 0. The summed E-state index contributed by atoms with van der Waals surface area (Å²) in [5.41, 5.74) is 1.47. The zero-order valence-corrected chi connectivity index (χ0v) is 24.3. The first-order valence-corrected chi connectivity index (χ1v) is 15.6. The summed E-state index contributed by atoms with van der Waals surface area (Å²) in [6.45, 7) is 5.59. The smallest absolute Gasteiger partial charge is 0.371 e. The minimum absolute atomic E-state index is 0.119. The van der Waals surface area contributed by atoms with Crippen molar-refractivity contribution in [1.82, 2.24) is 19.8 Å². The summed E-state index contributed by atoms with van der Waals surface area (Å²) in [5, 5.41) is 6.31. The third kappa shape index (κ3) is 5.39. The number of rotatable bonds is 5. The Bertz CT molecular complexity index is 1410. The lowest BCUT2D eigenvalue weighted by molar-refractivity contribution is -0.137. The number of hydrogen-bond donors (Lipinski definition) is 2. The SMILES string of the molecule is O=C1Nc2nccn2C[C@@](c2ccccc2)(C2CCN(CC3CN(c4ccc(C(F)(F)F)cc4)C3)CC2)[C@@H]2CCC[C@H]2N1. The molecule has 43 heavy (non-hydrogen) atoms. The highest BCUT2D eigenvalue weighted by Gasteiger charge is 2.52. The molecular formula is C33H39F3N6O. The molecule has 2 saturated heterocycles. The monoisotopic (exact) mass is 592 g/mol. The second-order valence-corrected chi connectivity index (χ2v) is 12.9. The molecule has 7 rings (SSSR count). The zero-order chi connectivity index (χ0) is 29.6. The van der Waals surface area contributed by atoms with Crippen molar-refractivity contribution in [3.05, 3.63) is 78.1 Å². The number of alkyl halides is 3. The topological polar surface area (TPSA) is 65.4 Å². The molecule has 4 aliphatic rings. The number of amides is 2. The summed E-state index contributed by atoms with van der Waals surface area (Å²) < 4.78 is 41.0. The number of carbonyl (C=O) groups excluding carboxylic acids is 1. The molecule has 0 unspecified atom stereocenters. The fourth-order valence-electron chi connectivity index (χ4n) is 8.49. The van der Waals surface area contributed by atoms with Crippen LogP contribution in [0.5, 0.6) is 0 Å². The van der Waals surface area contributed by atoms with Crippen LogP contribution in [-0.2, 0) is 18.1 Å². The van der Waals surface area contributed by atoms with Crippen molar-refractivity contribution in [1.29, 1.82) is 0 Å². The highest BCUT2D eigenvalue weighted by atomic mass is 19.4. The molecular weight excluding hydrogens is 553 g/mol. The van der Waals surface area contributed by atoms with Crippen LogP contribution in [0.3, 0.4) is 0 Å². The molecule has 7 nitrogen and oxygen atoms in total. The van der Waals surface area contributed by atoms with Gasteiger partial charge in [-0.3, -0.25) is 5.32 Å². The molecule has 0 bridgehead atoms. The van der Waals surface area contributed by atoms with Crippen molar-refractivity contribution in [2.24, 2.45) is 17.8 Å². The summed E-state index contributed by atoms with van der Waals surface area (Å²) in [6, 6.07) is 16.4. The van der Waals surface area contributed by atoms with Crippen molar-refractivity contribution < 1.29 is 18.0 Å². The van der Waals surface area contributed by atoms with Crippen LogP contribution in [0.25, 0.3) is 0 Å². The van der Waals surface area contributed by atoms with Crippen molar-refractivity contribution in [3.63, 3.8) is 0 Å². The van der Waals surface area contributed by atoms with E-state index in [1.54, 1.807) is 18.3 Å². The number of imidazole rings is 1. The minimum Gasteiger partial charge on any atom is -0.371 e. The number of piperidine rings is 1. The Morgan fingerprint density at radius 2 is 1.70 bits per heavy atom. The second kappa shape index (κ2) is 11.2. The van der Waals surface area contributed by atoms with Crippen molar-refractivity contribution in [3.8, 4) is 0 Å². The molecule has 3 aliphatic heterocycles. The van der Waals surface area contributed by atoms with Gasteiger partial charge in [0.25, 0.3) is 0 Å². The predicted octanol–water partition coefficient (Wildman–Crippen LogP) is 5.99. The van der Waals surface area contributed by atoms with Crippen LogP contribution in [0.15, 0.2) is 67.0 Å². The number of carbonyl (C=O) groups is 1. The van der Waals surface area contributed by atoms with Crippen LogP contribution in [0.4, 0.5) is 29.6 Å². The average molecular weight is 593 g/mol. The average Bonchev–Trinajstić information content (AvgIpc) is 3.63. The molecule has 10 heteroatoms. The van der Waals surface area contributed by atoms with E-state index in [4.69, 9.17) is 0 Å². The maximum atomic E-state index is 12.9. The quantitative estimate of drug-likeness (QED) is 0.382. The lowest BCUT2D eigenvalue weighted by atomic mass is 9.58. The normalized spacial score (nSPS) is 27.2. The summed E-state index contributed by atoms with van der Waals surface area (Å²) in [5.74, 6) is 1.89. The molecule has 228 valence electrons. The molecule has 1 saturated carbocycles. The molecule has 1 aromatic heterocycles. The van der Waals surface area contributed by atoms with Crippen LogP contribution in [0.2, 0.25) is 0 Å². The van der Waals surface area contributed by atoms with Gasteiger partial charge in [-0.05, 0) is 80.4 Å². The lowest BCUT2D eigenvalue weighted by Crippen LogP contribution is -2.56.